The molecule has 0 saturated carbocycles. The van der Waals surface area contributed by atoms with Crippen molar-refractivity contribution in [3.8, 4) is 0 Å². The standard InChI is InChI=1S/C22H27N3O3/c1-17-20(8-5-9-21(17)25(27)28)22(26)23-14-6-7-18-10-12-19(13-11-18)24-15-3-2-4-16-24/h5,8-13H,2-4,6-7,14-16H2,1H3,(H,23,26). The summed E-state index contributed by atoms with van der Waals surface area (Å²) in [4.78, 5) is 25.3. The van der Waals surface area contributed by atoms with Gasteiger partial charge in [-0.05, 0) is 62.8 Å². The molecule has 2 aromatic rings. The molecule has 3 rings (SSSR count). The van der Waals surface area contributed by atoms with Gasteiger partial charge in [-0.1, -0.05) is 18.2 Å². The summed E-state index contributed by atoms with van der Waals surface area (Å²) in [5.74, 6) is -0.262. The van der Waals surface area contributed by atoms with Crippen molar-refractivity contribution < 1.29 is 9.72 Å². The molecule has 0 aromatic heterocycles. The van der Waals surface area contributed by atoms with Gasteiger partial charge in [-0.3, -0.25) is 14.9 Å². The molecule has 1 amide bonds. The lowest BCUT2D eigenvalue weighted by atomic mass is 10.1. The van der Waals surface area contributed by atoms with E-state index in [4.69, 9.17) is 0 Å². The van der Waals surface area contributed by atoms with E-state index in [2.05, 4.69) is 34.5 Å². The van der Waals surface area contributed by atoms with Gasteiger partial charge in [-0.15, -0.1) is 0 Å². The van der Waals surface area contributed by atoms with Gasteiger partial charge in [0.25, 0.3) is 11.6 Å². The molecule has 6 nitrogen and oxygen atoms in total. The summed E-state index contributed by atoms with van der Waals surface area (Å²) >= 11 is 0. The number of benzene rings is 2. The molecule has 0 unspecified atom stereocenters. The third-order valence-electron chi connectivity index (χ3n) is 5.33. The van der Waals surface area contributed by atoms with Crippen LogP contribution in [0, 0.1) is 17.0 Å². The van der Waals surface area contributed by atoms with Crippen molar-refractivity contribution in [1.82, 2.24) is 5.32 Å². The van der Waals surface area contributed by atoms with Gasteiger partial charge in [-0.25, -0.2) is 0 Å². The molecule has 1 aliphatic heterocycles. The van der Waals surface area contributed by atoms with Gasteiger partial charge < -0.3 is 10.2 Å². The third kappa shape index (κ3) is 4.88. The van der Waals surface area contributed by atoms with Crippen molar-refractivity contribution in [2.24, 2.45) is 0 Å². The summed E-state index contributed by atoms with van der Waals surface area (Å²) in [7, 11) is 0. The van der Waals surface area contributed by atoms with E-state index in [1.807, 2.05) is 0 Å². The molecule has 1 saturated heterocycles. The molecule has 6 heteroatoms. The topological polar surface area (TPSA) is 75.5 Å². The fourth-order valence-corrected chi connectivity index (χ4v) is 3.68. The zero-order valence-electron chi connectivity index (χ0n) is 16.3. The molecule has 0 aliphatic carbocycles. The van der Waals surface area contributed by atoms with Crippen LogP contribution in [-0.4, -0.2) is 30.5 Å². The predicted octanol–water partition coefficient (Wildman–Crippen LogP) is 4.26. The molecule has 0 radical (unpaired) electrons. The van der Waals surface area contributed by atoms with Gasteiger partial charge in [0, 0.05) is 42.5 Å². The third-order valence-corrected chi connectivity index (χ3v) is 5.33. The van der Waals surface area contributed by atoms with Crippen molar-refractivity contribution in [3.05, 3.63) is 69.3 Å². The minimum atomic E-state index is -0.459. The second-order valence-corrected chi connectivity index (χ2v) is 7.28. The number of hydrogen-bond donors (Lipinski definition) is 1. The van der Waals surface area contributed by atoms with Crippen molar-refractivity contribution >= 4 is 17.3 Å². The van der Waals surface area contributed by atoms with Crippen LogP contribution in [0.5, 0.6) is 0 Å². The maximum absolute atomic E-state index is 12.3. The lowest BCUT2D eigenvalue weighted by molar-refractivity contribution is -0.385. The molecule has 0 spiro atoms. The predicted molar refractivity (Wildman–Crippen MR) is 111 cm³/mol. The maximum atomic E-state index is 12.3. The van der Waals surface area contributed by atoms with Crippen LogP contribution in [0.3, 0.4) is 0 Å². The molecule has 148 valence electrons. The smallest absolute Gasteiger partial charge is 0.273 e. The summed E-state index contributed by atoms with van der Waals surface area (Å²) in [6.45, 7) is 4.43. The average molecular weight is 381 g/mol. The van der Waals surface area contributed by atoms with E-state index in [9.17, 15) is 14.9 Å². The SMILES string of the molecule is Cc1c(C(=O)NCCCc2ccc(N3CCCCC3)cc2)cccc1[N+](=O)[O-]. The molecular weight excluding hydrogens is 354 g/mol. The minimum Gasteiger partial charge on any atom is -0.372 e. The Kier molecular flexibility index (Phi) is 6.63. The van der Waals surface area contributed by atoms with Crippen molar-refractivity contribution in [3.63, 3.8) is 0 Å². The second-order valence-electron chi connectivity index (χ2n) is 7.28. The molecule has 1 heterocycles. The number of aryl methyl sites for hydroxylation is 1. The number of rotatable bonds is 7. The number of hydrogen-bond acceptors (Lipinski definition) is 4. The first-order valence-corrected chi connectivity index (χ1v) is 9.92. The van der Waals surface area contributed by atoms with E-state index < -0.39 is 4.92 Å². The highest BCUT2D eigenvalue weighted by Gasteiger charge is 2.17. The minimum absolute atomic E-state index is 0.0264. The highest BCUT2D eigenvalue weighted by molar-refractivity contribution is 5.96. The first kappa shape index (κ1) is 19.9. The zero-order valence-corrected chi connectivity index (χ0v) is 16.3. The number of nitrogens with one attached hydrogen (secondary N) is 1. The van der Waals surface area contributed by atoms with Crippen LogP contribution in [0.25, 0.3) is 0 Å². The number of anilines is 1. The van der Waals surface area contributed by atoms with E-state index >= 15 is 0 Å². The van der Waals surface area contributed by atoms with Crippen molar-refractivity contribution in [1.29, 1.82) is 0 Å². The summed E-state index contributed by atoms with van der Waals surface area (Å²) in [6, 6.07) is 13.3. The monoisotopic (exact) mass is 381 g/mol. The number of amides is 1. The normalized spacial score (nSPS) is 14.0. The number of carbonyl (C=O) groups excluding carboxylic acids is 1. The number of carbonyl (C=O) groups is 1. The first-order valence-electron chi connectivity index (χ1n) is 9.92. The highest BCUT2D eigenvalue weighted by Crippen LogP contribution is 2.22. The van der Waals surface area contributed by atoms with Gasteiger partial charge >= 0.3 is 0 Å². The van der Waals surface area contributed by atoms with E-state index in [1.54, 1.807) is 19.1 Å². The van der Waals surface area contributed by atoms with Crippen molar-refractivity contribution in [2.45, 2.75) is 39.0 Å². The molecular formula is C22H27N3O3. The first-order chi connectivity index (χ1) is 13.6. The number of nitrogens with zero attached hydrogens (tertiary/aromatic N) is 2. The average Bonchev–Trinajstić information content (AvgIpc) is 2.72. The Balaban J connectivity index is 1.47. The Bertz CT molecular complexity index is 827. The van der Waals surface area contributed by atoms with Crippen LogP contribution in [0.2, 0.25) is 0 Å². The van der Waals surface area contributed by atoms with Crippen LogP contribution >= 0.6 is 0 Å². The van der Waals surface area contributed by atoms with E-state index in [0.29, 0.717) is 17.7 Å². The van der Waals surface area contributed by atoms with Crippen LogP contribution in [0.15, 0.2) is 42.5 Å². The Hall–Kier alpha value is -2.89. The second kappa shape index (κ2) is 9.35. The lowest BCUT2D eigenvalue weighted by Gasteiger charge is -2.28. The van der Waals surface area contributed by atoms with Crippen LogP contribution in [-0.2, 0) is 6.42 Å². The Labute approximate surface area is 165 Å². The zero-order chi connectivity index (χ0) is 19.9. The molecule has 1 fully saturated rings. The molecule has 0 atom stereocenters. The highest BCUT2D eigenvalue weighted by atomic mass is 16.6. The molecule has 1 N–H and O–H groups in total. The lowest BCUT2D eigenvalue weighted by Crippen LogP contribution is -2.29. The van der Waals surface area contributed by atoms with Gasteiger partial charge in [0.2, 0.25) is 0 Å². The fourth-order valence-electron chi connectivity index (χ4n) is 3.68. The summed E-state index contributed by atoms with van der Waals surface area (Å²) in [6.07, 6.45) is 5.57. The van der Waals surface area contributed by atoms with Crippen LogP contribution in [0.1, 0.15) is 47.2 Å². The molecule has 0 bridgehead atoms. The fraction of sp³-hybridized carbons (Fsp3) is 0.409. The van der Waals surface area contributed by atoms with Gasteiger partial charge in [0.1, 0.15) is 0 Å². The number of piperidine rings is 1. The van der Waals surface area contributed by atoms with E-state index in [-0.39, 0.29) is 11.6 Å². The molecule has 28 heavy (non-hydrogen) atoms. The summed E-state index contributed by atoms with van der Waals surface area (Å²) in [5.41, 5.74) is 3.28. The quantitative estimate of drug-likeness (QED) is 0.442. The van der Waals surface area contributed by atoms with E-state index in [0.717, 1.165) is 25.9 Å². The van der Waals surface area contributed by atoms with Gasteiger partial charge in [0.15, 0.2) is 0 Å². The molecule has 2 aromatic carbocycles. The Morgan fingerprint density at radius 1 is 1.11 bits per heavy atom. The van der Waals surface area contributed by atoms with Crippen molar-refractivity contribution in [2.75, 3.05) is 24.5 Å². The van der Waals surface area contributed by atoms with Crippen LogP contribution < -0.4 is 10.2 Å². The van der Waals surface area contributed by atoms with Crippen LogP contribution in [0.4, 0.5) is 11.4 Å². The largest absolute Gasteiger partial charge is 0.372 e. The Morgan fingerprint density at radius 2 is 1.82 bits per heavy atom. The maximum Gasteiger partial charge on any atom is 0.273 e. The summed E-state index contributed by atoms with van der Waals surface area (Å²) in [5, 5.41) is 13.9. The summed E-state index contributed by atoms with van der Waals surface area (Å²) < 4.78 is 0. The number of nitro benzene ring substituents is 1. The van der Waals surface area contributed by atoms with E-state index in [1.165, 1.54) is 36.6 Å². The Morgan fingerprint density at radius 3 is 2.50 bits per heavy atom. The van der Waals surface area contributed by atoms with Gasteiger partial charge in [-0.2, -0.15) is 0 Å². The van der Waals surface area contributed by atoms with Gasteiger partial charge in [0.05, 0.1) is 4.92 Å². The number of nitro groups is 1. The molecule has 1 aliphatic rings.